The van der Waals surface area contributed by atoms with Crippen molar-refractivity contribution in [2.45, 2.75) is 272 Å². The maximum absolute atomic E-state index is 17.1. The van der Waals surface area contributed by atoms with Crippen LogP contribution in [0.5, 0.6) is 0 Å². The number of nitrogens with two attached hydrogens (primary N) is 1. The number of rotatable bonds is 5. The van der Waals surface area contributed by atoms with Gasteiger partial charge >= 0.3 is 11.9 Å². The van der Waals surface area contributed by atoms with E-state index >= 15 is 4.39 Å². The van der Waals surface area contributed by atoms with E-state index < -0.39 is 199 Å². The summed E-state index contributed by atoms with van der Waals surface area (Å²) in [6.45, 7) is 13.2. The van der Waals surface area contributed by atoms with Gasteiger partial charge in [0.15, 0.2) is 40.7 Å². The van der Waals surface area contributed by atoms with Gasteiger partial charge in [0, 0.05) is 47.8 Å². The number of aliphatic hydroxyl groups excluding tert-OH is 11. The summed E-state index contributed by atoms with van der Waals surface area (Å²) >= 11 is 0. The van der Waals surface area contributed by atoms with Gasteiger partial charge in [-0.2, -0.15) is 0 Å². The van der Waals surface area contributed by atoms with E-state index in [1.54, 1.807) is 65.0 Å². The SMILES string of the molecule is CC1(C)O[C@@H]2C[C@H]3[C@@H]4CCC5=CC(=O)C=C[C@]5(C)[C@@]4(F)[C@@H](O)C[C@]3(C)[C@]2(C(=O)CO)O1.CC1OC(OC2/C=C/C=C/C=C/C=C/CC/C=C/C=C/[C@H](C)[C@@H](O)[C@@H](C)[C@H](C)OC(=O)CC(O)CC(O)CC(O)CCC(O)C(O)C[C@]3(O)CC(O)C(C(=O)O)C(C2)O3)C(O)C(N)C1O. The van der Waals surface area contributed by atoms with Crippen molar-refractivity contribution in [1.29, 1.82) is 0 Å². The summed E-state index contributed by atoms with van der Waals surface area (Å²) in [7, 11) is 0. The van der Waals surface area contributed by atoms with Gasteiger partial charge in [0.2, 0.25) is 0 Å². The molecule has 2 bridgehead atoms. The number of aliphatic hydroxyl groups is 12. The number of Topliss-reactive ketones (excluding diaryl/α,β-unsaturated/α-hetero) is 1. The molecule has 6 fully saturated rings. The zero-order valence-electron chi connectivity index (χ0n) is 56.3. The van der Waals surface area contributed by atoms with E-state index in [9.17, 15) is 85.6 Å². The van der Waals surface area contributed by atoms with E-state index in [1.807, 2.05) is 56.4 Å². The number of hydrogen-bond acceptors (Lipinski definition) is 23. The molecule has 4 heterocycles. The molecular formula is C71H106FNO23. The van der Waals surface area contributed by atoms with Crippen LogP contribution >= 0.6 is 0 Å². The number of carbonyl (C=O) groups is 4. The monoisotopic (exact) mass is 1360 g/mol. The molecule has 3 saturated heterocycles. The Labute approximate surface area is 561 Å². The molecule has 8 rings (SSSR count). The average Bonchev–Trinajstić information content (AvgIpc) is 1.41. The molecule has 27 atom stereocenters. The third-order valence-electron chi connectivity index (χ3n) is 21.4. The molecule has 24 nitrogen and oxygen atoms in total. The molecule has 96 heavy (non-hydrogen) atoms. The molecule has 0 aromatic heterocycles. The van der Waals surface area contributed by atoms with Crippen molar-refractivity contribution in [3.63, 3.8) is 0 Å². The third kappa shape index (κ3) is 17.6. The van der Waals surface area contributed by atoms with Crippen LogP contribution in [0.1, 0.15) is 145 Å². The number of cyclic esters (lactones) is 1. The van der Waals surface area contributed by atoms with Gasteiger partial charge in [-0.25, -0.2) is 4.39 Å². The van der Waals surface area contributed by atoms with Crippen molar-refractivity contribution in [2.24, 2.45) is 46.2 Å². The van der Waals surface area contributed by atoms with Crippen LogP contribution in [0.25, 0.3) is 0 Å². The van der Waals surface area contributed by atoms with E-state index in [4.69, 9.17) is 34.2 Å². The number of ether oxygens (including phenoxy) is 6. The number of carboxylic acids is 1. The van der Waals surface area contributed by atoms with Gasteiger partial charge in [0.05, 0.1) is 91.8 Å². The molecule has 4 aliphatic carbocycles. The van der Waals surface area contributed by atoms with Gasteiger partial charge in [0.25, 0.3) is 0 Å². The predicted octanol–water partition coefficient (Wildman–Crippen LogP) is 3.35. The van der Waals surface area contributed by atoms with Crippen LogP contribution in [-0.2, 0) is 47.6 Å². The summed E-state index contributed by atoms with van der Waals surface area (Å²) in [5.41, 5.74) is 1.36. The number of aliphatic carboxylic acids is 1. The minimum atomic E-state index is -2.35. The Morgan fingerprint density at radius 3 is 1.99 bits per heavy atom. The van der Waals surface area contributed by atoms with E-state index in [1.165, 1.54) is 25.2 Å². The van der Waals surface area contributed by atoms with Crippen LogP contribution < -0.4 is 5.73 Å². The molecule has 0 spiro atoms. The summed E-state index contributed by atoms with van der Waals surface area (Å²) in [5.74, 6) is -9.28. The van der Waals surface area contributed by atoms with Crippen LogP contribution in [0.15, 0.2) is 96.7 Å². The highest BCUT2D eigenvalue weighted by atomic mass is 19.1. The first kappa shape index (κ1) is 78.7. The van der Waals surface area contributed by atoms with Crippen molar-refractivity contribution in [1.82, 2.24) is 0 Å². The molecule has 0 aromatic rings. The Balaban J connectivity index is 0.000000344. The number of hydrogen-bond donors (Lipinski definition) is 14. The van der Waals surface area contributed by atoms with Gasteiger partial charge in [-0.1, -0.05) is 105 Å². The smallest absolute Gasteiger partial charge is 0.311 e. The lowest BCUT2D eigenvalue weighted by atomic mass is 9.44. The topological polar surface area (TPSA) is 413 Å². The largest absolute Gasteiger partial charge is 0.481 e. The van der Waals surface area contributed by atoms with Crippen molar-refractivity contribution in [3.8, 4) is 0 Å². The lowest BCUT2D eigenvalue weighted by molar-refractivity contribution is -0.310. The molecule has 14 unspecified atom stereocenters. The lowest BCUT2D eigenvalue weighted by Gasteiger charge is -2.62. The number of esters is 1. The summed E-state index contributed by atoms with van der Waals surface area (Å²) < 4.78 is 52.7. The van der Waals surface area contributed by atoms with E-state index in [0.717, 1.165) is 18.4 Å². The third-order valence-corrected chi connectivity index (χ3v) is 21.4. The molecule has 25 heteroatoms. The number of carboxylic acid groups (broad SMARTS) is 1. The van der Waals surface area contributed by atoms with Crippen LogP contribution in [0.4, 0.5) is 4.39 Å². The summed E-state index contributed by atoms with van der Waals surface area (Å²) in [6, 6.07) is -1.14. The standard InChI is InChI=1S/C47H75NO17.C24H31FO6/c1-27-17-15-13-11-9-7-5-6-8-10-12-14-16-18-34(64-46-44(58)41(48)43(57)30(4)63-46)24-38-40(45(59)60)37(54)26-47(61,65-38)25-36(53)35(52)20-19-31(49)21-32(50)22-33(51)23-39(55)62-29(3)28(2)42(27)56;1-20(2)30-19-10-16-15-6-5-13-9-14(27)7-8-21(13,3)23(15,25)17(28)11-22(16,4)24(19,31-20)18(29)12-26/h5-6,8,10-18,27-38,40-44,46,49-54,56-58,61H,7,9,19-26,48H2,1-4H3,(H,59,60);7-9,15-17,19,26,28H,5-6,10-12H2,1-4H3/b6-5+,10-8+,13-11+,14-12+,17-15+,18-16+;/t27-,28-,29-,30?,31?,32?,33?,34?,35?,36?,37?,38?,40?,41?,42+,43?,44?,46?,47+;15-,16-,17-,19+,21-,22-,23-,24+/m00/s1. The molecule has 0 amide bonds. The second kappa shape index (κ2) is 32.8. The average molecular weight is 1360 g/mol. The van der Waals surface area contributed by atoms with E-state index in [-0.39, 0.29) is 56.1 Å². The Morgan fingerprint density at radius 2 is 1.32 bits per heavy atom. The van der Waals surface area contributed by atoms with Crippen molar-refractivity contribution in [3.05, 3.63) is 96.7 Å². The Morgan fingerprint density at radius 1 is 0.698 bits per heavy atom. The maximum atomic E-state index is 17.1. The molecule has 15 N–H and O–H groups in total. The lowest BCUT2D eigenvalue weighted by Crippen LogP contribution is -2.70. The van der Waals surface area contributed by atoms with Gasteiger partial charge < -0.3 is 101 Å². The van der Waals surface area contributed by atoms with Gasteiger partial charge in [-0.05, 0) is 117 Å². The molecular weight excluding hydrogens is 1250 g/mol. The zero-order chi connectivity index (χ0) is 71.0. The van der Waals surface area contributed by atoms with Crippen molar-refractivity contribution < 1.29 is 118 Å². The van der Waals surface area contributed by atoms with Crippen molar-refractivity contribution in [2.75, 3.05) is 6.61 Å². The number of carbonyl (C=O) groups excluding carboxylic acids is 3. The second-order valence-electron chi connectivity index (χ2n) is 28.8. The molecule has 8 aliphatic rings. The van der Waals surface area contributed by atoms with Crippen LogP contribution in [0, 0.1) is 40.4 Å². The van der Waals surface area contributed by atoms with Gasteiger partial charge in [-0.15, -0.1) is 0 Å². The highest BCUT2D eigenvalue weighted by Crippen LogP contribution is 2.72. The first-order valence-electron chi connectivity index (χ1n) is 33.8. The highest BCUT2D eigenvalue weighted by Gasteiger charge is 2.80. The fourth-order valence-electron chi connectivity index (χ4n) is 16.0. The second-order valence-corrected chi connectivity index (χ2v) is 28.8. The van der Waals surface area contributed by atoms with Crippen LogP contribution in [0.3, 0.4) is 0 Å². The number of fused-ring (bicyclic) bond motifs is 9. The normalized spacial score (nSPS) is 47.5. The number of ketones is 2. The first-order chi connectivity index (χ1) is 45.0. The summed E-state index contributed by atoms with van der Waals surface area (Å²) in [6.07, 6.45) is 6.28. The molecule has 0 radical (unpaired) electrons. The fourth-order valence-corrected chi connectivity index (χ4v) is 16.0. The minimum Gasteiger partial charge on any atom is -0.481 e. The molecule has 540 valence electrons. The maximum Gasteiger partial charge on any atom is 0.311 e. The van der Waals surface area contributed by atoms with Crippen molar-refractivity contribution >= 4 is 23.5 Å². The van der Waals surface area contributed by atoms with Crippen LogP contribution in [0.2, 0.25) is 0 Å². The molecule has 3 saturated carbocycles. The van der Waals surface area contributed by atoms with E-state index in [0.29, 0.717) is 19.3 Å². The molecule has 4 aliphatic heterocycles. The summed E-state index contributed by atoms with van der Waals surface area (Å²) in [5, 5.41) is 139. The van der Waals surface area contributed by atoms with Gasteiger partial charge in [-0.3, -0.25) is 19.2 Å². The number of halogens is 1. The summed E-state index contributed by atoms with van der Waals surface area (Å²) in [4.78, 5) is 50.2. The minimum absolute atomic E-state index is 0.0109. The number of allylic oxidation sites excluding steroid dienone is 14. The Hall–Kier alpha value is -4.59. The van der Waals surface area contributed by atoms with Gasteiger partial charge in [0.1, 0.15) is 24.7 Å². The Kier molecular flexibility index (Phi) is 26.9. The zero-order valence-corrected chi connectivity index (χ0v) is 56.3. The predicted molar refractivity (Wildman–Crippen MR) is 346 cm³/mol. The highest BCUT2D eigenvalue weighted by molar-refractivity contribution is 6.01. The first-order valence-corrected chi connectivity index (χ1v) is 33.8. The fraction of sp³-hybridized carbons (Fsp3) is 0.718. The Bertz CT molecular complexity index is 2910. The van der Waals surface area contributed by atoms with Crippen LogP contribution in [-0.4, -0.2) is 223 Å². The number of alkyl halides is 1. The van der Waals surface area contributed by atoms with E-state index in [2.05, 4.69) is 0 Å². The molecule has 0 aromatic carbocycles. The quantitative estimate of drug-likeness (QED) is 0.175.